The van der Waals surface area contributed by atoms with E-state index in [1.165, 1.54) is 0 Å². The molecule has 1 rings (SSSR count). The third-order valence-corrected chi connectivity index (χ3v) is 3.70. The van der Waals surface area contributed by atoms with E-state index >= 15 is 0 Å². The summed E-state index contributed by atoms with van der Waals surface area (Å²) in [6.07, 6.45) is -0.311. The predicted molar refractivity (Wildman–Crippen MR) is 64.2 cm³/mol. The average Bonchev–Trinajstić information content (AvgIpc) is 2.24. The van der Waals surface area contributed by atoms with Gasteiger partial charge >= 0.3 is 11.0 Å². The Kier molecular flexibility index (Phi) is 5.65. The van der Waals surface area contributed by atoms with Crippen LogP contribution in [0.15, 0.2) is 28.0 Å². The topological polar surface area (TPSA) is 23.8 Å². The Labute approximate surface area is 119 Å². The van der Waals surface area contributed by atoms with Gasteiger partial charge in [-0.25, -0.2) is 0 Å². The number of nitriles is 1. The van der Waals surface area contributed by atoms with Crippen LogP contribution in [0.1, 0.15) is 12.0 Å². The van der Waals surface area contributed by atoms with Gasteiger partial charge in [0.1, 0.15) is 0 Å². The van der Waals surface area contributed by atoms with Gasteiger partial charge in [-0.1, -0.05) is 6.07 Å². The van der Waals surface area contributed by atoms with Gasteiger partial charge < -0.3 is 0 Å². The lowest BCUT2D eigenvalue weighted by atomic mass is 10.1. The highest BCUT2D eigenvalue weighted by atomic mass is 32.2. The molecule has 1 nitrogen and oxygen atoms in total. The van der Waals surface area contributed by atoms with Crippen LogP contribution in [-0.4, -0.2) is 11.0 Å². The van der Waals surface area contributed by atoms with E-state index in [4.69, 9.17) is 5.26 Å². The number of thioether (sulfide) groups is 2. The van der Waals surface area contributed by atoms with Crippen molar-refractivity contribution in [1.29, 1.82) is 5.26 Å². The summed E-state index contributed by atoms with van der Waals surface area (Å²) in [4.78, 5) is -0.607. The molecular formula is C11H7F6NS2. The molecule has 0 aliphatic carbocycles. The number of hydrogen-bond acceptors (Lipinski definition) is 3. The molecule has 0 atom stereocenters. The van der Waals surface area contributed by atoms with Gasteiger partial charge in [0.05, 0.1) is 6.07 Å². The first-order chi connectivity index (χ1) is 9.12. The Morgan fingerprint density at radius 3 is 1.75 bits per heavy atom. The van der Waals surface area contributed by atoms with Crippen LogP contribution in [0, 0.1) is 11.3 Å². The van der Waals surface area contributed by atoms with Gasteiger partial charge in [-0.15, -0.1) is 0 Å². The Morgan fingerprint density at radius 1 is 0.950 bits per heavy atom. The van der Waals surface area contributed by atoms with Gasteiger partial charge in [0.15, 0.2) is 0 Å². The zero-order valence-corrected chi connectivity index (χ0v) is 11.3. The molecule has 0 aromatic heterocycles. The summed E-state index contributed by atoms with van der Waals surface area (Å²) in [7, 11) is 0. The number of benzene rings is 1. The lowest BCUT2D eigenvalue weighted by molar-refractivity contribution is -0.0334. The van der Waals surface area contributed by atoms with Crippen molar-refractivity contribution < 1.29 is 26.3 Å². The van der Waals surface area contributed by atoms with Gasteiger partial charge in [-0.3, -0.25) is 0 Å². The largest absolute Gasteiger partial charge is 0.446 e. The summed E-state index contributed by atoms with van der Waals surface area (Å²) < 4.78 is 74.3. The Balaban J connectivity index is 3.16. The molecule has 0 unspecified atom stereocenters. The average molecular weight is 331 g/mol. The van der Waals surface area contributed by atoms with Crippen LogP contribution in [0.25, 0.3) is 0 Å². The van der Waals surface area contributed by atoms with Crippen molar-refractivity contribution in [1.82, 2.24) is 0 Å². The van der Waals surface area contributed by atoms with Crippen LogP contribution < -0.4 is 0 Å². The van der Waals surface area contributed by atoms with E-state index in [2.05, 4.69) is 0 Å². The molecule has 0 spiro atoms. The Hall–Kier alpha value is -1.01. The maximum Gasteiger partial charge on any atom is 0.446 e. The molecule has 1 aromatic carbocycles. The minimum Gasteiger partial charge on any atom is -0.198 e. The van der Waals surface area contributed by atoms with Crippen LogP contribution in [-0.2, 0) is 6.42 Å². The van der Waals surface area contributed by atoms with Gasteiger partial charge in [0.2, 0.25) is 0 Å². The zero-order chi connectivity index (χ0) is 15.4. The van der Waals surface area contributed by atoms with E-state index in [-0.39, 0.29) is 28.2 Å². The Morgan fingerprint density at radius 2 is 1.40 bits per heavy atom. The second-order valence-electron chi connectivity index (χ2n) is 3.49. The minimum absolute atomic E-state index is 0.0984. The van der Waals surface area contributed by atoms with E-state index < -0.39 is 34.5 Å². The number of halogens is 6. The fourth-order valence-electron chi connectivity index (χ4n) is 1.41. The molecule has 0 saturated carbocycles. The molecular weight excluding hydrogens is 324 g/mol. The molecule has 110 valence electrons. The monoisotopic (exact) mass is 331 g/mol. The Bertz CT molecular complexity index is 469. The maximum absolute atomic E-state index is 12.4. The van der Waals surface area contributed by atoms with Crippen LogP contribution in [0.3, 0.4) is 0 Å². The SMILES string of the molecule is N#CCCc1c(SC(F)(F)F)cccc1SC(F)(F)F. The van der Waals surface area contributed by atoms with Gasteiger partial charge in [-0.05, 0) is 47.6 Å². The van der Waals surface area contributed by atoms with Crippen molar-refractivity contribution in [2.75, 3.05) is 0 Å². The van der Waals surface area contributed by atoms with Crippen molar-refractivity contribution >= 4 is 23.5 Å². The van der Waals surface area contributed by atoms with Gasteiger partial charge in [0.25, 0.3) is 0 Å². The molecule has 0 saturated heterocycles. The molecule has 0 bridgehead atoms. The second-order valence-corrected chi connectivity index (χ2v) is 5.70. The number of rotatable bonds is 4. The van der Waals surface area contributed by atoms with E-state index in [1.807, 2.05) is 0 Å². The maximum atomic E-state index is 12.4. The molecule has 1 aromatic rings. The smallest absolute Gasteiger partial charge is 0.198 e. The fourth-order valence-corrected chi connectivity index (χ4v) is 2.94. The third kappa shape index (κ3) is 5.96. The van der Waals surface area contributed by atoms with Crippen molar-refractivity contribution in [3.63, 3.8) is 0 Å². The summed E-state index contributed by atoms with van der Waals surface area (Å²) >= 11 is -0.944. The van der Waals surface area contributed by atoms with Crippen molar-refractivity contribution in [3.8, 4) is 6.07 Å². The number of hydrogen-bond donors (Lipinski definition) is 0. The highest BCUT2D eigenvalue weighted by Crippen LogP contribution is 2.44. The predicted octanol–water partition coefficient (Wildman–Crippen LogP) is 5.37. The first-order valence-electron chi connectivity index (χ1n) is 5.13. The van der Waals surface area contributed by atoms with E-state index in [9.17, 15) is 26.3 Å². The highest BCUT2D eigenvalue weighted by molar-refractivity contribution is 8.01. The quantitative estimate of drug-likeness (QED) is 0.548. The highest BCUT2D eigenvalue weighted by Gasteiger charge is 2.33. The molecule has 20 heavy (non-hydrogen) atoms. The summed E-state index contributed by atoms with van der Waals surface area (Å²) in [6, 6.07) is 5.06. The normalized spacial score (nSPS) is 12.2. The van der Waals surface area contributed by atoms with Crippen molar-refractivity contribution in [2.24, 2.45) is 0 Å². The summed E-state index contributed by atoms with van der Waals surface area (Å²) in [5.41, 5.74) is -9.29. The van der Waals surface area contributed by atoms with Crippen LogP contribution in [0.5, 0.6) is 0 Å². The van der Waals surface area contributed by atoms with E-state index in [0.29, 0.717) is 0 Å². The minimum atomic E-state index is -4.59. The van der Waals surface area contributed by atoms with E-state index in [1.54, 1.807) is 6.07 Å². The fraction of sp³-hybridized carbons (Fsp3) is 0.364. The third-order valence-electron chi connectivity index (χ3n) is 2.03. The first kappa shape index (κ1) is 17.0. The van der Waals surface area contributed by atoms with E-state index in [0.717, 1.165) is 18.2 Å². The lowest BCUT2D eigenvalue weighted by Gasteiger charge is -2.15. The molecule has 0 heterocycles. The molecule has 0 N–H and O–H groups in total. The molecule has 0 fully saturated rings. The summed E-state index contributed by atoms with van der Waals surface area (Å²) in [5.74, 6) is 0. The second kappa shape index (κ2) is 6.63. The zero-order valence-electron chi connectivity index (χ0n) is 9.68. The molecule has 0 aliphatic rings. The lowest BCUT2D eigenvalue weighted by Crippen LogP contribution is -2.05. The summed E-state index contributed by atoms with van der Waals surface area (Å²) in [5, 5.41) is 8.47. The standard InChI is InChI=1S/C11H7F6NS2/c12-10(13,14)19-8-4-1-5-9(20-11(15,16)17)7(8)3-2-6-18/h1,4-5H,2-3H2. The van der Waals surface area contributed by atoms with Gasteiger partial charge in [-0.2, -0.15) is 31.6 Å². The molecule has 0 aliphatic heterocycles. The van der Waals surface area contributed by atoms with Crippen molar-refractivity contribution in [3.05, 3.63) is 23.8 Å². The van der Waals surface area contributed by atoms with Gasteiger partial charge in [0, 0.05) is 16.2 Å². The summed E-state index contributed by atoms with van der Waals surface area (Å²) in [6.45, 7) is 0. The molecule has 0 amide bonds. The first-order valence-corrected chi connectivity index (χ1v) is 6.76. The van der Waals surface area contributed by atoms with Crippen molar-refractivity contribution in [2.45, 2.75) is 33.6 Å². The van der Waals surface area contributed by atoms with Crippen LogP contribution >= 0.6 is 23.5 Å². The van der Waals surface area contributed by atoms with Crippen LogP contribution in [0.4, 0.5) is 26.3 Å². The van der Waals surface area contributed by atoms with Crippen LogP contribution in [0.2, 0.25) is 0 Å². The molecule has 0 radical (unpaired) electrons. The number of nitrogens with zero attached hydrogens (tertiary/aromatic N) is 1. The number of alkyl halides is 6. The molecule has 9 heteroatoms.